The van der Waals surface area contributed by atoms with E-state index < -0.39 is 10.8 Å². The number of fused-ring (bicyclic) bond motifs is 12. The lowest BCUT2D eigenvalue weighted by Crippen LogP contribution is -2.33. The molecule has 0 radical (unpaired) electrons. The molecule has 10 aromatic rings. The normalized spacial score (nSPS) is 14.5. The third-order valence-corrected chi connectivity index (χ3v) is 20.2. The van der Waals surface area contributed by atoms with E-state index in [1.807, 2.05) is 74.5 Å². The topological polar surface area (TPSA) is 105 Å². The lowest BCUT2D eigenvalue weighted by Gasteiger charge is -2.38. The number of esters is 4. The Morgan fingerprint density at radius 3 is 0.630 bits per heavy atom. The van der Waals surface area contributed by atoms with Crippen LogP contribution >= 0.6 is 0 Å². The van der Waals surface area contributed by atoms with Gasteiger partial charge in [-0.1, -0.05) is 231 Å². The Balaban J connectivity index is 0.000000171. The fraction of sp³-hybridized carbons (Fsp3) is 0.238. The van der Waals surface area contributed by atoms with Gasteiger partial charge in [-0.3, -0.25) is 19.2 Å². The molecule has 8 heteroatoms. The molecular weight excluding hydrogens is 1140 g/mol. The highest BCUT2D eigenvalue weighted by Crippen LogP contribution is 2.61. The van der Waals surface area contributed by atoms with Gasteiger partial charge in [-0.15, -0.1) is 0 Å². The predicted molar refractivity (Wildman–Crippen MR) is 363 cm³/mol. The lowest BCUT2D eigenvalue weighted by molar-refractivity contribution is -0.144. The number of hydrogen-bond donors (Lipinski definition) is 0. The van der Waals surface area contributed by atoms with Gasteiger partial charge in [-0.05, 0) is 178 Å². The minimum absolute atomic E-state index is 0.160. The summed E-state index contributed by atoms with van der Waals surface area (Å²) in [6, 6.07) is 87.8. The first-order valence-corrected chi connectivity index (χ1v) is 32.7. The first kappa shape index (κ1) is 61.0. The monoisotopic (exact) mass is 1210 g/mol. The van der Waals surface area contributed by atoms with Crippen LogP contribution in [0.1, 0.15) is 135 Å². The SMILES string of the molecule is CCOC(=O)CCC1(CCC2(CCC(=O)OCC)c3ccccc3-c3ccccc32)c2ccccc2-c2ccccc21.O=C(CCC1(CCC2(CCC(=O)Oc3ccccc3)c3ccccc3-c3ccccc32)c2ccccc2-c2ccccc21)Oc1ccccc1. The summed E-state index contributed by atoms with van der Waals surface area (Å²) in [4.78, 5) is 52.4. The second-order valence-electron chi connectivity index (χ2n) is 24.9. The molecule has 0 saturated carbocycles. The fourth-order valence-electron chi connectivity index (χ4n) is 16.2. The molecule has 0 N–H and O–H groups in total. The summed E-state index contributed by atoms with van der Waals surface area (Å²) in [5.41, 5.74) is 18.3. The van der Waals surface area contributed by atoms with Gasteiger partial charge in [0.2, 0.25) is 0 Å². The van der Waals surface area contributed by atoms with Gasteiger partial charge in [-0.2, -0.15) is 0 Å². The van der Waals surface area contributed by atoms with E-state index in [1.165, 1.54) is 89.0 Å². The van der Waals surface area contributed by atoms with Gasteiger partial charge < -0.3 is 18.9 Å². The molecule has 92 heavy (non-hydrogen) atoms. The molecule has 0 aromatic heterocycles. The molecule has 0 unspecified atom stereocenters. The number of benzene rings is 10. The highest BCUT2D eigenvalue weighted by molar-refractivity contribution is 5.86. The van der Waals surface area contributed by atoms with Crippen LogP contribution < -0.4 is 9.47 Å². The maximum absolute atomic E-state index is 13.4. The molecule has 10 aromatic carbocycles. The van der Waals surface area contributed by atoms with Gasteiger partial charge in [0.15, 0.2) is 0 Å². The van der Waals surface area contributed by atoms with Gasteiger partial charge in [-0.25, -0.2) is 0 Å². The van der Waals surface area contributed by atoms with E-state index >= 15 is 0 Å². The number of carbonyl (C=O) groups is 4. The summed E-state index contributed by atoms with van der Waals surface area (Å²) in [5, 5.41) is 0. The number of para-hydroxylation sites is 2. The summed E-state index contributed by atoms with van der Waals surface area (Å²) < 4.78 is 22.4. The Hall–Kier alpha value is -9.92. The minimum Gasteiger partial charge on any atom is -0.466 e. The third-order valence-electron chi connectivity index (χ3n) is 20.2. The Morgan fingerprint density at radius 1 is 0.239 bits per heavy atom. The van der Waals surface area contributed by atoms with E-state index in [9.17, 15) is 19.2 Å². The summed E-state index contributed by atoms with van der Waals surface area (Å²) in [7, 11) is 0. The number of ether oxygens (including phenoxy) is 4. The van der Waals surface area contributed by atoms with E-state index in [4.69, 9.17) is 18.9 Å². The molecule has 0 bridgehead atoms. The van der Waals surface area contributed by atoms with Crippen LogP contribution in [0.15, 0.2) is 255 Å². The van der Waals surface area contributed by atoms with E-state index in [-0.39, 0.29) is 47.5 Å². The van der Waals surface area contributed by atoms with E-state index in [2.05, 4.69) is 194 Å². The zero-order chi connectivity index (χ0) is 63.1. The molecule has 460 valence electrons. The molecule has 0 saturated heterocycles. The second-order valence-corrected chi connectivity index (χ2v) is 24.9. The van der Waals surface area contributed by atoms with Crippen molar-refractivity contribution in [2.45, 2.75) is 113 Å². The van der Waals surface area contributed by atoms with Gasteiger partial charge in [0.05, 0.1) is 13.2 Å². The molecule has 14 rings (SSSR count). The van der Waals surface area contributed by atoms with Crippen molar-refractivity contribution in [3.63, 3.8) is 0 Å². The molecule has 4 aliphatic carbocycles. The van der Waals surface area contributed by atoms with Gasteiger partial charge in [0.25, 0.3) is 0 Å². The average molecular weight is 1210 g/mol. The van der Waals surface area contributed by atoms with E-state index in [0.717, 1.165) is 25.7 Å². The van der Waals surface area contributed by atoms with Crippen LogP contribution in [-0.2, 0) is 50.3 Å². The van der Waals surface area contributed by atoms with Crippen molar-refractivity contribution in [1.82, 2.24) is 0 Å². The predicted octanol–water partition coefficient (Wildman–Crippen LogP) is 18.9. The maximum Gasteiger partial charge on any atom is 0.311 e. The highest BCUT2D eigenvalue weighted by atomic mass is 16.5. The van der Waals surface area contributed by atoms with Crippen molar-refractivity contribution < 1.29 is 38.1 Å². The van der Waals surface area contributed by atoms with Crippen molar-refractivity contribution in [3.8, 4) is 56.0 Å². The first-order valence-electron chi connectivity index (χ1n) is 32.7. The van der Waals surface area contributed by atoms with Crippen LogP contribution in [-0.4, -0.2) is 37.1 Å². The van der Waals surface area contributed by atoms with Crippen LogP contribution in [0, 0.1) is 0 Å². The summed E-state index contributed by atoms with van der Waals surface area (Å²) in [6.45, 7) is 4.47. The molecule has 0 amide bonds. The van der Waals surface area contributed by atoms with Crippen molar-refractivity contribution in [3.05, 3.63) is 299 Å². The standard InChI is InChI=1S/C46H38O4.C38H38O4/c47-43(49-33-15-3-1-4-16-33)27-29-45(39-23-11-7-19-35(39)36-20-8-12-24-40(36)45)31-32-46(30-28-44(48)50-34-17-5-2-6-18-34)41-25-13-9-21-37(41)38-22-10-14-26-42(38)46;1-3-41-35(39)21-23-37(31-17-9-5-13-27(31)28-14-6-10-18-32(28)37)25-26-38(24-22-36(40)42-4-2)33-19-11-7-15-29(33)30-16-8-12-20-34(30)38/h1-26H,27-32H2;5-20H,3-4,21-26H2,1-2H3. The summed E-state index contributed by atoms with van der Waals surface area (Å²) in [5.74, 6) is 0.304. The van der Waals surface area contributed by atoms with Gasteiger partial charge >= 0.3 is 23.9 Å². The van der Waals surface area contributed by atoms with Crippen molar-refractivity contribution in [2.75, 3.05) is 13.2 Å². The fourth-order valence-corrected chi connectivity index (χ4v) is 16.2. The number of carbonyl (C=O) groups excluding carboxylic acids is 4. The minimum atomic E-state index is -0.438. The molecule has 0 aliphatic heterocycles. The smallest absolute Gasteiger partial charge is 0.311 e. The third kappa shape index (κ3) is 11.3. The van der Waals surface area contributed by atoms with Crippen molar-refractivity contribution in [1.29, 1.82) is 0 Å². The van der Waals surface area contributed by atoms with Gasteiger partial charge in [0.1, 0.15) is 11.5 Å². The molecule has 4 aliphatic rings. The zero-order valence-corrected chi connectivity index (χ0v) is 52.4. The number of rotatable bonds is 22. The summed E-state index contributed by atoms with van der Waals surface area (Å²) in [6.07, 6.45) is 6.95. The maximum atomic E-state index is 13.4. The van der Waals surface area contributed by atoms with Crippen LogP contribution in [0.4, 0.5) is 0 Å². The summed E-state index contributed by atoms with van der Waals surface area (Å²) >= 11 is 0. The number of hydrogen-bond acceptors (Lipinski definition) is 8. The lowest BCUT2D eigenvalue weighted by atomic mass is 9.64. The van der Waals surface area contributed by atoms with Crippen molar-refractivity contribution in [2.24, 2.45) is 0 Å². The molecule has 8 nitrogen and oxygen atoms in total. The first-order chi connectivity index (χ1) is 45.1. The largest absolute Gasteiger partial charge is 0.466 e. The quantitative estimate of drug-likeness (QED) is 0.0488. The van der Waals surface area contributed by atoms with Crippen LogP contribution in [0.2, 0.25) is 0 Å². The Labute approximate surface area is 540 Å². The van der Waals surface area contributed by atoms with Crippen LogP contribution in [0.5, 0.6) is 11.5 Å². The second kappa shape index (κ2) is 26.5. The molecule has 0 heterocycles. The van der Waals surface area contributed by atoms with Gasteiger partial charge in [0, 0.05) is 47.3 Å². The van der Waals surface area contributed by atoms with Crippen LogP contribution in [0.25, 0.3) is 44.5 Å². The highest BCUT2D eigenvalue weighted by Gasteiger charge is 2.51. The van der Waals surface area contributed by atoms with Crippen molar-refractivity contribution >= 4 is 23.9 Å². The molecular formula is C84H76O8. The molecule has 0 fully saturated rings. The molecule has 0 atom stereocenters. The Bertz CT molecular complexity index is 3870. The van der Waals surface area contributed by atoms with E-state index in [0.29, 0.717) is 63.2 Å². The van der Waals surface area contributed by atoms with E-state index in [1.54, 1.807) is 0 Å². The average Bonchev–Trinajstić information content (AvgIpc) is 1.11. The molecule has 0 spiro atoms. The Kier molecular flexibility index (Phi) is 17.6. The van der Waals surface area contributed by atoms with Crippen LogP contribution in [0.3, 0.4) is 0 Å². The zero-order valence-electron chi connectivity index (χ0n) is 52.4. The Morgan fingerprint density at radius 2 is 0.424 bits per heavy atom.